The summed E-state index contributed by atoms with van der Waals surface area (Å²) in [5.41, 5.74) is 0.603. The smallest absolute Gasteiger partial charge is 0.339 e. The van der Waals surface area contributed by atoms with Gasteiger partial charge in [-0.05, 0) is 19.2 Å². The lowest BCUT2D eigenvalue weighted by Crippen LogP contribution is -2.45. The van der Waals surface area contributed by atoms with Crippen molar-refractivity contribution in [3.8, 4) is 0 Å². The molecule has 116 valence electrons. The summed E-state index contributed by atoms with van der Waals surface area (Å²) >= 11 is 0. The molecule has 0 aliphatic carbocycles. The Balaban J connectivity index is 1.90. The average molecular weight is 294 g/mol. The van der Waals surface area contributed by atoms with Crippen LogP contribution in [0, 0.1) is 0 Å². The Morgan fingerprint density at radius 2 is 2.19 bits per heavy atom. The summed E-state index contributed by atoms with van der Waals surface area (Å²) in [5, 5.41) is 10.5. The lowest BCUT2D eigenvalue weighted by molar-refractivity contribution is -0.0778. The number of likely N-dealkylation sites (N-methyl/N-ethyl adjacent to an activating group) is 1. The van der Waals surface area contributed by atoms with Gasteiger partial charge >= 0.3 is 5.97 Å². The number of carbonyl (C=O) groups excluding carboxylic acids is 1. The van der Waals surface area contributed by atoms with E-state index in [2.05, 4.69) is 9.72 Å². The fourth-order valence-electron chi connectivity index (χ4n) is 2.50. The average Bonchev–Trinajstić information content (AvgIpc) is 2.47. The molecule has 1 aliphatic heterocycles. The highest BCUT2D eigenvalue weighted by molar-refractivity contribution is 5.88. The topological polar surface area (TPSA) is 71.9 Å². The van der Waals surface area contributed by atoms with E-state index < -0.39 is 5.60 Å². The van der Waals surface area contributed by atoms with Gasteiger partial charge in [-0.3, -0.25) is 9.88 Å². The van der Waals surface area contributed by atoms with Crippen LogP contribution in [0.3, 0.4) is 0 Å². The zero-order valence-electron chi connectivity index (χ0n) is 12.5. The van der Waals surface area contributed by atoms with Gasteiger partial charge in [0.25, 0.3) is 0 Å². The minimum atomic E-state index is -0.682. The van der Waals surface area contributed by atoms with Crippen molar-refractivity contribution in [1.29, 1.82) is 0 Å². The minimum absolute atomic E-state index is 0.390. The molecule has 1 fully saturated rings. The Labute approximate surface area is 124 Å². The molecule has 0 spiro atoms. The molecule has 2 rings (SSSR count). The fraction of sp³-hybridized carbons (Fsp3) is 0.600. The second-order valence-corrected chi connectivity index (χ2v) is 5.54. The van der Waals surface area contributed by atoms with Crippen molar-refractivity contribution in [2.45, 2.75) is 25.0 Å². The summed E-state index contributed by atoms with van der Waals surface area (Å²) in [6.07, 6.45) is 2.83. The van der Waals surface area contributed by atoms with Crippen molar-refractivity contribution >= 4 is 5.97 Å². The van der Waals surface area contributed by atoms with Crippen LogP contribution in [0.5, 0.6) is 0 Å². The first-order chi connectivity index (χ1) is 10.0. The van der Waals surface area contributed by atoms with E-state index in [0.29, 0.717) is 44.7 Å². The van der Waals surface area contributed by atoms with Gasteiger partial charge in [0, 0.05) is 45.3 Å². The quantitative estimate of drug-likeness (QED) is 0.812. The van der Waals surface area contributed by atoms with Crippen LogP contribution in [-0.4, -0.2) is 60.5 Å². The van der Waals surface area contributed by atoms with Crippen molar-refractivity contribution in [1.82, 2.24) is 9.88 Å². The van der Waals surface area contributed by atoms with Gasteiger partial charge in [-0.25, -0.2) is 4.79 Å². The summed E-state index contributed by atoms with van der Waals surface area (Å²) in [4.78, 5) is 17.6. The summed E-state index contributed by atoms with van der Waals surface area (Å²) < 4.78 is 9.91. The first-order valence-corrected chi connectivity index (χ1v) is 7.04. The maximum atomic E-state index is 11.3. The maximum absolute atomic E-state index is 11.3. The number of esters is 1. The Morgan fingerprint density at radius 1 is 1.48 bits per heavy atom. The molecule has 0 saturated carbocycles. The highest BCUT2D eigenvalue weighted by Gasteiger charge is 2.30. The molecular formula is C15H22N2O4. The third-order valence-electron chi connectivity index (χ3n) is 3.67. The van der Waals surface area contributed by atoms with Gasteiger partial charge in [0.05, 0.1) is 24.0 Å². The van der Waals surface area contributed by atoms with Gasteiger partial charge in [0.2, 0.25) is 0 Å². The Hall–Kier alpha value is -1.50. The lowest BCUT2D eigenvalue weighted by Gasteiger charge is -2.35. The van der Waals surface area contributed by atoms with Crippen molar-refractivity contribution < 1.29 is 19.4 Å². The highest BCUT2D eigenvalue weighted by Crippen LogP contribution is 2.21. The standard InChI is InChI=1S/C15H22N2O4/c1-17(11-15(19)5-7-21-8-6-15)10-13-4-3-12(9-16-13)14(18)20-2/h3-4,9,19H,5-8,10-11H2,1-2H3. The SMILES string of the molecule is COC(=O)c1ccc(CN(C)CC2(O)CCOCC2)nc1. The van der Waals surface area contributed by atoms with E-state index in [9.17, 15) is 9.90 Å². The van der Waals surface area contributed by atoms with Crippen LogP contribution in [-0.2, 0) is 16.0 Å². The van der Waals surface area contributed by atoms with Gasteiger partial charge < -0.3 is 14.6 Å². The normalized spacial score (nSPS) is 17.7. The molecule has 0 radical (unpaired) electrons. The molecule has 1 N–H and O–H groups in total. The van der Waals surface area contributed by atoms with E-state index in [-0.39, 0.29) is 5.97 Å². The number of methoxy groups -OCH3 is 1. The van der Waals surface area contributed by atoms with Gasteiger partial charge in [0.1, 0.15) is 0 Å². The lowest BCUT2D eigenvalue weighted by atomic mass is 9.94. The molecule has 1 aromatic rings. The van der Waals surface area contributed by atoms with Gasteiger partial charge in [0.15, 0.2) is 0 Å². The number of aromatic nitrogens is 1. The summed E-state index contributed by atoms with van der Waals surface area (Å²) in [5.74, 6) is -0.390. The monoisotopic (exact) mass is 294 g/mol. The van der Waals surface area contributed by atoms with E-state index in [0.717, 1.165) is 5.69 Å². The number of hydrogen-bond acceptors (Lipinski definition) is 6. The van der Waals surface area contributed by atoms with Crippen molar-refractivity contribution in [2.24, 2.45) is 0 Å². The van der Waals surface area contributed by atoms with Crippen molar-refractivity contribution in [2.75, 3.05) is 33.9 Å². The number of nitrogens with zero attached hydrogens (tertiary/aromatic N) is 2. The molecule has 0 atom stereocenters. The van der Waals surface area contributed by atoms with Crippen molar-refractivity contribution in [3.63, 3.8) is 0 Å². The predicted molar refractivity (Wildman–Crippen MR) is 76.9 cm³/mol. The molecule has 2 heterocycles. The van der Waals surface area contributed by atoms with Crippen LogP contribution >= 0.6 is 0 Å². The van der Waals surface area contributed by atoms with E-state index >= 15 is 0 Å². The van der Waals surface area contributed by atoms with Gasteiger partial charge in [-0.1, -0.05) is 0 Å². The van der Waals surface area contributed by atoms with E-state index in [1.165, 1.54) is 13.3 Å². The predicted octanol–water partition coefficient (Wildman–Crippen LogP) is 0.841. The van der Waals surface area contributed by atoms with Crippen LogP contribution in [0.2, 0.25) is 0 Å². The molecular weight excluding hydrogens is 272 g/mol. The molecule has 1 aliphatic rings. The van der Waals surface area contributed by atoms with Crippen molar-refractivity contribution in [3.05, 3.63) is 29.6 Å². The molecule has 0 unspecified atom stereocenters. The third-order valence-corrected chi connectivity index (χ3v) is 3.67. The first-order valence-electron chi connectivity index (χ1n) is 7.04. The van der Waals surface area contributed by atoms with E-state index in [1.54, 1.807) is 12.1 Å². The number of ether oxygens (including phenoxy) is 2. The summed E-state index contributed by atoms with van der Waals surface area (Å²) in [6, 6.07) is 3.50. The summed E-state index contributed by atoms with van der Waals surface area (Å²) in [6.45, 7) is 2.41. The van der Waals surface area contributed by atoms with E-state index in [4.69, 9.17) is 4.74 Å². The molecule has 1 aromatic heterocycles. The number of aliphatic hydroxyl groups is 1. The third kappa shape index (κ3) is 4.49. The number of rotatable bonds is 5. The van der Waals surface area contributed by atoms with Gasteiger partial charge in [-0.2, -0.15) is 0 Å². The molecule has 1 saturated heterocycles. The number of hydrogen-bond donors (Lipinski definition) is 1. The largest absolute Gasteiger partial charge is 0.465 e. The fourth-order valence-corrected chi connectivity index (χ4v) is 2.50. The number of pyridine rings is 1. The maximum Gasteiger partial charge on any atom is 0.339 e. The number of carbonyl (C=O) groups is 1. The Bertz CT molecular complexity index is 469. The first kappa shape index (κ1) is 15.9. The second-order valence-electron chi connectivity index (χ2n) is 5.54. The van der Waals surface area contributed by atoms with Gasteiger partial charge in [-0.15, -0.1) is 0 Å². The minimum Gasteiger partial charge on any atom is -0.465 e. The molecule has 6 nitrogen and oxygen atoms in total. The zero-order chi connectivity index (χ0) is 15.3. The highest BCUT2D eigenvalue weighted by atomic mass is 16.5. The molecule has 0 bridgehead atoms. The molecule has 6 heteroatoms. The van der Waals surface area contributed by atoms with E-state index in [1.807, 2.05) is 11.9 Å². The zero-order valence-corrected chi connectivity index (χ0v) is 12.5. The van der Waals surface area contributed by atoms with Crippen LogP contribution in [0.1, 0.15) is 28.9 Å². The Morgan fingerprint density at radius 3 is 2.76 bits per heavy atom. The molecule has 0 amide bonds. The summed E-state index contributed by atoms with van der Waals surface area (Å²) in [7, 11) is 3.29. The van der Waals surface area contributed by atoms with Crippen LogP contribution < -0.4 is 0 Å². The molecule has 21 heavy (non-hydrogen) atoms. The van der Waals surface area contributed by atoms with Crippen LogP contribution in [0.15, 0.2) is 18.3 Å². The van der Waals surface area contributed by atoms with Crippen LogP contribution in [0.4, 0.5) is 0 Å². The molecule has 0 aromatic carbocycles. The Kier molecular flexibility index (Phi) is 5.27. The second kappa shape index (κ2) is 6.98. The van der Waals surface area contributed by atoms with Crippen LogP contribution in [0.25, 0.3) is 0 Å².